The van der Waals surface area contributed by atoms with E-state index in [2.05, 4.69) is 0 Å². The predicted molar refractivity (Wildman–Crippen MR) is 57.9 cm³/mol. The first-order valence-corrected chi connectivity index (χ1v) is 4.51. The molecule has 0 radical (unpaired) electrons. The van der Waals surface area contributed by atoms with Gasteiger partial charge in [-0.1, -0.05) is 30.3 Å². The molecule has 0 saturated heterocycles. The van der Waals surface area contributed by atoms with Crippen molar-refractivity contribution in [3.05, 3.63) is 47.5 Å². The van der Waals surface area contributed by atoms with Crippen molar-refractivity contribution in [2.24, 2.45) is 5.73 Å². The molecule has 0 bridgehead atoms. The lowest BCUT2D eigenvalue weighted by Crippen LogP contribution is -2.11. The highest BCUT2D eigenvalue weighted by Gasteiger charge is 2.09. The molecule has 0 atom stereocenters. The molecule has 1 amide bonds. The van der Waals surface area contributed by atoms with E-state index >= 15 is 0 Å². The Hall–Kier alpha value is -2.16. The first kappa shape index (κ1) is 9.40. The van der Waals surface area contributed by atoms with Crippen molar-refractivity contribution in [1.29, 1.82) is 0 Å². The molecule has 2 rings (SSSR count). The molecule has 15 heavy (non-hydrogen) atoms. The van der Waals surface area contributed by atoms with E-state index in [0.29, 0.717) is 16.5 Å². The van der Waals surface area contributed by atoms with Crippen LogP contribution in [0.2, 0.25) is 0 Å². The van der Waals surface area contributed by atoms with Gasteiger partial charge in [0.2, 0.25) is 5.91 Å². The normalized spacial score (nSPS) is 10.1. The maximum Gasteiger partial charge on any atom is 0.249 e. The Labute approximate surface area is 86.5 Å². The van der Waals surface area contributed by atoms with Crippen LogP contribution < -0.4 is 5.73 Å². The highest BCUT2D eigenvalue weighted by atomic mass is 16.1. The van der Waals surface area contributed by atoms with Crippen LogP contribution in [0, 0.1) is 0 Å². The van der Waals surface area contributed by atoms with Crippen molar-refractivity contribution in [2.75, 3.05) is 0 Å². The van der Waals surface area contributed by atoms with Crippen LogP contribution in [-0.2, 0) is 0 Å². The van der Waals surface area contributed by atoms with Gasteiger partial charge in [-0.25, -0.2) is 0 Å². The molecular formula is C12H9NO2. The summed E-state index contributed by atoms with van der Waals surface area (Å²) in [5, 5.41) is 1.47. The summed E-state index contributed by atoms with van der Waals surface area (Å²) in [6, 6.07) is 10.5. The van der Waals surface area contributed by atoms with Gasteiger partial charge < -0.3 is 5.73 Å². The fourth-order valence-electron chi connectivity index (χ4n) is 1.67. The quantitative estimate of drug-likeness (QED) is 0.749. The smallest absolute Gasteiger partial charge is 0.249 e. The first-order valence-electron chi connectivity index (χ1n) is 4.51. The minimum absolute atomic E-state index is 0.384. The van der Waals surface area contributed by atoms with Gasteiger partial charge in [0.15, 0.2) is 6.29 Å². The average Bonchev–Trinajstić information content (AvgIpc) is 2.27. The van der Waals surface area contributed by atoms with Gasteiger partial charge in [0.25, 0.3) is 0 Å². The Morgan fingerprint density at radius 3 is 2.40 bits per heavy atom. The number of rotatable bonds is 2. The number of carbonyl (C=O) groups is 2. The Morgan fingerprint density at radius 2 is 1.80 bits per heavy atom. The van der Waals surface area contributed by atoms with Crippen LogP contribution in [0.3, 0.4) is 0 Å². The van der Waals surface area contributed by atoms with Gasteiger partial charge in [-0.2, -0.15) is 0 Å². The molecule has 0 spiro atoms. The number of nitrogens with two attached hydrogens (primary N) is 1. The second kappa shape index (κ2) is 3.53. The van der Waals surface area contributed by atoms with Gasteiger partial charge in [-0.3, -0.25) is 9.59 Å². The lowest BCUT2D eigenvalue weighted by Gasteiger charge is -2.04. The highest BCUT2D eigenvalue weighted by Crippen LogP contribution is 2.21. The number of hydrogen-bond acceptors (Lipinski definition) is 2. The van der Waals surface area contributed by atoms with Gasteiger partial charge in [-0.05, 0) is 11.5 Å². The van der Waals surface area contributed by atoms with Crippen LogP contribution in [-0.4, -0.2) is 12.2 Å². The minimum Gasteiger partial charge on any atom is -0.366 e. The highest BCUT2D eigenvalue weighted by molar-refractivity contribution is 6.11. The van der Waals surface area contributed by atoms with Crippen LogP contribution in [0.1, 0.15) is 20.7 Å². The first-order chi connectivity index (χ1) is 7.24. The number of amides is 1. The zero-order valence-electron chi connectivity index (χ0n) is 7.94. The summed E-state index contributed by atoms with van der Waals surface area (Å²) in [5.41, 5.74) is 6.12. The SMILES string of the molecule is NC(=O)c1cccc2cccc(C=O)c12. The minimum atomic E-state index is -0.519. The summed E-state index contributed by atoms with van der Waals surface area (Å²) in [5.74, 6) is -0.519. The molecule has 0 saturated carbocycles. The molecule has 3 nitrogen and oxygen atoms in total. The van der Waals surface area contributed by atoms with Crippen molar-refractivity contribution < 1.29 is 9.59 Å². The maximum absolute atomic E-state index is 11.2. The molecule has 0 fully saturated rings. The van der Waals surface area contributed by atoms with E-state index in [0.717, 1.165) is 11.7 Å². The van der Waals surface area contributed by atoms with Gasteiger partial charge in [-0.15, -0.1) is 0 Å². The summed E-state index contributed by atoms with van der Waals surface area (Å²) in [7, 11) is 0. The molecule has 2 aromatic carbocycles. The zero-order chi connectivity index (χ0) is 10.8. The number of benzene rings is 2. The second-order valence-corrected chi connectivity index (χ2v) is 3.23. The van der Waals surface area contributed by atoms with E-state index < -0.39 is 5.91 Å². The second-order valence-electron chi connectivity index (χ2n) is 3.23. The van der Waals surface area contributed by atoms with Crippen LogP contribution in [0.5, 0.6) is 0 Å². The zero-order valence-corrected chi connectivity index (χ0v) is 7.94. The van der Waals surface area contributed by atoms with Crippen molar-refractivity contribution in [3.8, 4) is 0 Å². The number of primary amides is 1. The molecule has 3 heteroatoms. The van der Waals surface area contributed by atoms with Crippen molar-refractivity contribution in [1.82, 2.24) is 0 Å². The number of carbonyl (C=O) groups excluding carboxylic acids is 2. The summed E-state index contributed by atoms with van der Waals surface area (Å²) in [4.78, 5) is 22.0. The van der Waals surface area contributed by atoms with E-state index in [1.54, 1.807) is 24.3 Å². The predicted octanol–water partition coefficient (Wildman–Crippen LogP) is 1.75. The standard InChI is InChI=1S/C12H9NO2/c13-12(15)10-6-2-4-8-3-1-5-9(7-14)11(8)10/h1-7H,(H2,13,15). The molecule has 0 unspecified atom stereocenters. The lowest BCUT2D eigenvalue weighted by molar-refractivity contribution is 0.100. The van der Waals surface area contributed by atoms with Gasteiger partial charge >= 0.3 is 0 Å². The van der Waals surface area contributed by atoms with E-state index in [1.807, 2.05) is 12.1 Å². The molecule has 2 N–H and O–H groups in total. The summed E-state index contributed by atoms with van der Waals surface area (Å²) in [6.07, 6.45) is 0.731. The largest absolute Gasteiger partial charge is 0.366 e. The Kier molecular flexibility index (Phi) is 2.21. The third-order valence-corrected chi connectivity index (χ3v) is 2.33. The molecule has 0 aliphatic carbocycles. The number of fused-ring (bicyclic) bond motifs is 1. The van der Waals surface area contributed by atoms with Gasteiger partial charge in [0.1, 0.15) is 0 Å². The van der Waals surface area contributed by atoms with Gasteiger partial charge in [0, 0.05) is 16.5 Å². The fourth-order valence-corrected chi connectivity index (χ4v) is 1.67. The molecule has 2 aromatic rings. The molecule has 0 aliphatic heterocycles. The topological polar surface area (TPSA) is 60.2 Å². The number of hydrogen-bond donors (Lipinski definition) is 1. The monoisotopic (exact) mass is 199 g/mol. The molecule has 0 heterocycles. The van der Waals surface area contributed by atoms with Gasteiger partial charge in [0.05, 0.1) is 0 Å². The molecule has 74 valence electrons. The van der Waals surface area contributed by atoms with Crippen LogP contribution in [0.15, 0.2) is 36.4 Å². The third-order valence-electron chi connectivity index (χ3n) is 2.33. The third kappa shape index (κ3) is 1.48. The molecule has 0 aromatic heterocycles. The Balaban J connectivity index is 2.93. The molecular weight excluding hydrogens is 190 g/mol. The number of aldehydes is 1. The summed E-state index contributed by atoms with van der Waals surface area (Å²) in [6.45, 7) is 0. The van der Waals surface area contributed by atoms with Crippen LogP contribution in [0.4, 0.5) is 0 Å². The maximum atomic E-state index is 11.2. The Morgan fingerprint density at radius 1 is 1.13 bits per heavy atom. The van der Waals surface area contributed by atoms with E-state index in [4.69, 9.17) is 5.73 Å². The van der Waals surface area contributed by atoms with E-state index in [1.165, 1.54) is 0 Å². The Bertz CT molecular complexity index is 541. The fraction of sp³-hybridized carbons (Fsp3) is 0. The van der Waals surface area contributed by atoms with Crippen LogP contribution >= 0.6 is 0 Å². The summed E-state index contributed by atoms with van der Waals surface area (Å²) < 4.78 is 0. The van der Waals surface area contributed by atoms with Crippen molar-refractivity contribution in [2.45, 2.75) is 0 Å². The van der Waals surface area contributed by atoms with Crippen molar-refractivity contribution in [3.63, 3.8) is 0 Å². The van der Waals surface area contributed by atoms with Crippen LogP contribution in [0.25, 0.3) is 10.8 Å². The van der Waals surface area contributed by atoms with Crippen molar-refractivity contribution >= 4 is 23.0 Å². The van der Waals surface area contributed by atoms with E-state index in [9.17, 15) is 9.59 Å². The lowest BCUT2D eigenvalue weighted by atomic mass is 9.99. The van der Waals surface area contributed by atoms with E-state index in [-0.39, 0.29) is 0 Å². The molecule has 0 aliphatic rings. The average molecular weight is 199 g/mol. The summed E-state index contributed by atoms with van der Waals surface area (Å²) >= 11 is 0.